The topological polar surface area (TPSA) is 115 Å². The molecule has 0 spiro atoms. The van der Waals surface area contributed by atoms with E-state index in [4.69, 9.17) is 16.6 Å². The maximum absolute atomic E-state index is 12.6. The summed E-state index contributed by atoms with van der Waals surface area (Å²) in [6.07, 6.45) is 5.79. The Labute approximate surface area is 212 Å². The van der Waals surface area contributed by atoms with Crippen LogP contribution in [0.4, 0.5) is 5.69 Å². The van der Waals surface area contributed by atoms with Crippen LogP contribution in [0.25, 0.3) is 33.3 Å². The molecule has 0 aliphatic rings. The van der Waals surface area contributed by atoms with E-state index in [0.717, 1.165) is 5.56 Å². The molecule has 0 radical (unpaired) electrons. The van der Waals surface area contributed by atoms with Crippen LogP contribution in [-0.4, -0.2) is 38.3 Å². The lowest BCUT2D eigenvalue weighted by atomic mass is 10.1. The molecule has 0 bridgehead atoms. The van der Waals surface area contributed by atoms with Gasteiger partial charge in [-0.3, -0.25) is 9.52 Å². The van der Waals surface area contributed by atoms with Gasteiger partial charge in [-0.15, -0.1) is 0 Å². The number of hydrogen-bond acceptors (Lipinski definition) is 5. The first-order chi connectivity index (χ1) is 17.2. The number of hydrogen-bond donors (Lipinski definition) is 2. The molecular formula is C25H25ClN6O3S. The van der Waals surface area contributed by atoms with Crippen molar-refractivity contribution in [1.29, 1.82) is 0 Å². The molecule has 0 saturated heterocycles. The summed E-state index contributed by atoms with van der Waals surface area (Å²) >= 11 is 6.03. The van der Waals surface area contributed by atoms with Crippen molar-refractivity contribution in [2.24, 2.45) is 7.05 Å². The van der Waals surface area contributed by atoms with E-state index in [1.54, 1.807) is 38.8 Å². The second kappa shape index (κ2) is 9.11. The van der Waals surface area contributed by atoms with Crippen molar-refractivity contribution in [2.45, 2.75) is 26.3 Å². The van der Waals surface area contributed by atoms with E-state index in [9.17, 15) is 13.2 Å². The molecule has 2 N–H and O–H groups in total. The SMILES string of the molecule is CCS(=O)(=O)Nc1cc(-c2cn(C)c(=O)c3[nH]ccc23)nc2c1ncn2C(C)Cc1ccc(Cl)cc1. The lowest BCUT2D eigenvalue weighted by molar-refractivity contribution is 0.555. The number of aromatic amines is 1. The normalized spacial score (nSPS) is 12.9. The van der Waals surface area contributed by atoms with Crippen molar-refractivity contribution >= 4 is 49.4 Å². The van der Waals surface area contributed by atoms with E-state index in [0.29, 0.717) is 50.5 Å². The van der Waals surface area contributed by atoms with Crippen LogP contribution in [0.5, 0.6) is 0 Å². The molecule has 4 heterocycles. The molecule has 9 nitrogen and oxygen atoms in total. The van der Waals surface area contributed by atoms with Crippen molar-refractivity contribution in [1.82, 2.24) is 24.1 Å². The van der Waals surface area contributed by atoms with Crippen LogP contribution in [0.2, 0.25) is 5.02 Å². The van der Waals surface area contributed by atoms with E-state index in [1.165, 1.54) is 4.57 Å². The van der Waals surface area contributed by atoms with E-state index in [1.807, 2.05) is 34.9 Å². The van der Waals surface area contributed by atoms with E-state index in [2.05, 4.69) is 21.6 Å². The van der Waals surface area contributed by atoms with Gasteiger partial charge in [0, 0.05) is 41.5 Å². The van der Waals surface area contributed by atoms with Gasteiger partial charge in [0.1, 0.15) is 11.0 Å². The summed E-state index contributed by atoms with van der Waals surface area (Å²) < 4.78 is 31.1. The second-order valence-corrected chi connectivity index (χ2v) is 11.2. The minimum atomic E-state index is -3.57. The van der Waals surface area contributed by atoms with Crippen molar-refractivity contribution in [3.63, 3.8) is 0 Å². The second-order valence-electron chi connectivity index (χ2n) is 8.79. The summed E-state index contributed by atoms with van der Waals surface area (Å²) in [6.45, 7) is 3.63. The molecular weight excluding hydrogens is 500 g/mol. The fourth-order valence-electron chi connectivity index (χ4n) is 4.32. The van der Waals surface area contributed by atoms with Gasteiger partial charge in [0.2, 0.25) is 10.0 Å². The molecule has 1 unspecified atom stereocenters. The number of H-pyrrole nitrogens is 1. The number of aryl methyl sites for hydroxylation is 1. The van der Waals surface area contributed by atoms with Gasteiger partial charge in [0.05, 0.1) is 23.5 Å². The zero-order valence-electron chi connectivity index (χ0n) is 20.0. The van der Waals surface area contributed by atoms with Gasteiger partial charge < -0.3 is 14.1 Å². The fourth-order valence-corrected chi connectivity index (χ4v) is 5.08. The zero-order valence-corrected chi connectivity index (χ0v) is 21.6. The highest BCUT2D eigenvalue weighted by Gasteiger charge is 2.20. The average molecular weight is 525 g/mol. The first kappa shape index (κ1) is 24.1. The number of benzene rings is 1. The third kappa shape index (κ3) is 4.38. The van der Waals surface area contributed by atoms with Crippen molar-refractivity contribution in [3.05, 3.63) is 76.1 Å². The lowest BCUT2D eigenvalue weighted by Gasteiger charge is -2.16. The van der Waals surface area contributed by atoms with Crippen molar-refractivity contribution < 1.29 is 8.42 Å². The third-order valence-electron chi connectivity index (χ3n) is 6.26. The third-order valence-corrected chi connectivity index (χ3v) is 7.81. The number of aromatic nitrogens is 5. The molecule has 0 amide bonds. The summed E-state index contributed by atoms with van der Waals surface area (Å²) in [5.74, 6) is -0.0816. The maximum Gasteiger partial charge on any atom is 0.274 e. The summed E-state index contributed by atoms with van der Waals surface area (Å²) in [5.41, 5.74) is 3.96. The number of rotatable bonds is 7. The first-order valence-electron chi connectivity index (χ1n) is 11.5. The fraction of sp³-hybridized carbons (Fsp3) is 0.240. The number of pyridine rings is 2. The molecule has 36 heavy (non-hydrogen) atoms. The van der Waals surface area contributed by atoms with Crippen molar-refractivity contribution in [3.8, 4) is 11.3 Å². The molecule has 5 aromatic rings. The Balaban J connectivity index is 1.70. The highest BCUT2D eigenvalue weighted by Crippen LogP contribution is 2.32. The van der Waals surface area contributed by atoms with Crippen LogP contribution >= 0.6 is 11.6 Å². The Hall–Kier alpha value is -3.63. The predicted molar refractivity (Wildman–Crippen MR) is 143 cm³/mol. The van der Waals surface area contributed by atoms with Crippen LogP contribution in [0.3, 0.4) is 0 Å². The largest absolute Gasteiger partial charge is 0.357 e. The van der Waals surface area contributed by atoms with Gasteiger partial charge in [-0.2, -0.15) is 0 Å². The molecule has 0 fully saturated rings. The number of halogens is 1. The number of nitrogens with zero attached hydrogens (tertiary/aromatic N) is 4. The summed E-state index contributed by atoms with van der Waals surface area (Å²) in [4.78, 5) is 25.0. The van der Waals surface area contributed by atoms with E-state index < -0.39 is 10.0 Å². The number of fused-ring (bicyclic) bond motifs is 2. The predicted octanol–water partition coefficient (Wildman–Crippen LogP) is 4.50. The van der Waals surface area contributed by atoms with E-state index >= 15 is 0 Å². The Morgan fingerprint density at radius 3 is 2.67 bits per heavy atom. The van der Waals surface area contributed by atoms with Gasteiger partial charge in [-0.1, -0.05) is 23.7 Å². The van der Waals surface area contributed by atoms with Crippen molar-refractivity contribution in [2.75, 3.05) is 10.5 Å². The molecule has 1 atom stereocenters. The lowest BCUT2D eigenvalue weighted by Crippen LogP contribution is -2.17. The minimum absolute atomic E-state index is 0.0260. The Morgan fingerprint density at radius 1 is 1.19 bits per heavy atom. The van der Waals surface area contributed by atoms with Crippen LogP contribution in [0.15, 0.2) is 59.9 Å². The molecule has 0 saturated carbocycles. The average Bonchev–Trinajstić information content (AvgIpc) is 3.50. The molecule has 0 aliphatic carbocycles. The van der Waals surface area contributed by atoms with Crippen LogP contribution in [0.1, 0.15) is 25.5 Å². The molecule has 4 aromatic heterocycles. The summed E-state index contributed by atoms with van der Waals surface area (Å²) in [5, 5.41) is 1.38. The van der Waals surface area contributed by atoms with Crippen LogP contribution in [-0.2, 0) is 23.5 Å². The number of sulfonamides is 1. The highest BCUT2D eigenvalue weighted by molar-refractivity contribution is 7.92. The zero-order chi connectivity index (χ0) is 25.6. The molecule has 11 heteroatoms. The number of imidazole rings is 1. The molecule has 186 valence electrons. The summed E-state index contributed by atoms with van der Waals surface area (Å²) in [6, 6.07) is 11.1. The molecule has 0 aliphatic heterocycles. The minimum Gasteiger partial charge on any atom is -0.357 e. The first-order valence-corrected chi connectivity index (χ1v) is 13.5. The van der Waals surface area contributed by atoms with Gasteiger partial charge in [-0.05, 0) is 50.1 Å². The van der Waals surface area contributed by atoms with Crippen LogP contribution < -0.4 is 10.3 Å². The van der Waals surface area contributed by atoms with Gasteiger partial charge in [-0.25, -0.2) is 18.4 Å². The quantitative estimate of drug-likeness (QED) is 0.325. The number of nitrogens with one attached hydrogen (secondary N) is 2. The maximum atomic E-state index is 12.6. The van der Waals surface area contributed by atoms with Crippen LogP contribution in [0, 0.1) is 0 Å². The Kier molecular flexibility index (Phi) is 6.09. The van der Waals surface area contributed by atoms with Gasteiger partial charge in [0.15, 0.2) is 5.65 Å². The highest BCUT2D eigenvalue weighted by atomic mass is 35.5. The van der Waals surface area contributed by atoms with Gasteiger partial charge in [0.25, 0.3) is 5.56 Å². The van der Waals surface area contributed by atoms with E-state index in [-0.39, 0.29) is 17.4 Å². The van der Waals surface area contributed by atoms with Gasteiger partial charge >= 0.3 is 0 Å². The standard InChI is InChI=1S/C25H25ClN6O3S/c1-4-36(34,35)30-21-12-20(19-13-31(3)25(33)22-18(19)9-10-27-22)29-24-23(21)28-14-32(24)15(2)11-16-5-7-17(26)8-6-16/h5-10,12-15,27H,4,11H2,1-3H3,(H,29,30). The molecule has 1 aromatic carbocycles. The molecule has 5 rings (SSSR count). The summed E-state index contributed by atoms with van der Waals surface area (Å²) in [7, 11) is -1.90. The number of anilines is 1. The smallest absolute Gasteiger partial charge is 0.274 e. The monoisotopic (exact) mass is 524 g/mol. The Morgan fingerprint density at radius 2 is 1.94 bits per heavy atom. The Bertz CT molecular complexity index is 1750.